The minimum absolute atomic E-state index is 0.109. The van der Waals surface area contributed by atoms with Crippen LogP contribution in [0, 0.1) is 20.8 Å². The Morgan fingerprint density at radius 2 is 1.41 bits per heavy atom. The molecular weight excluding hydrogens is 488 g/mol. The highest BCUT2D eigenvalue weighted by Crippen LogP contribution is 2.25. The SMILES string of the molecule is Cc1ccc(NS(=O)(=O)c2ccc(OCC(=O)Nc3ccc(Oc4ccccc4)cc3)c(C)c2)cc1C. The molecule has 2 N–H and O–H groups in total. The molecule has 0 aliphatic carbocycles. The minimum Gasteiger partial charge on any atom is -0.483 e. The van der Waals surface area contributed by atoms with Gasteiger partial charge in [-0.15, -0.1) is 0 Å². The normalized spacial score (nSPS) is 11.0. The third-order valence-electron chi connectivity index (χ3n) is 5.69. The zero-order valence-corrected chi connectivity index (χ0v) is 21.6. The molecule has 0 unspecified atom stereocenters. The second kappa shape index (κ2) is 11.2. The van der Waals surface area contributed by atoms with E-state index in [2.05, 4.69) is 10.0 Å². The van der Waals surface area contributed by atoms with Crippen LogP contribution in [-0.2, 0) is 14.8 Å². The van der Waals surface area contributed by atoms with Gasteiger partial charge >= 0.3 is 0 Å². The number of carbonyl (C=O) groups is 1. The molecule has 0 atom stereocenters. The number of ether oxygens (including phenoxy) is 2. The molecule has 0 radical (unpaired) electrons. The van der Waals surface area contributed by atoms with Crippen LogP contribution in [0.5, 0.6) is 17.2 Å². The van der Waals surface area contributed by atoms with Gasteiger partial charge in [0.05, 0.1) is 4.90 Å². The molecule has 0 spiro atoms. The molecule has 0 aliphatic rings. The average Bonchev–Trinajstić information content (AvgIpc) is 2.87. The van der Waals surface area contributed by atoms with Crippen LogP contribution >= 0.6 is 0 Å². The van der Waals surface area contributed by atoms with Gasteiger partial charge in [0.25, 0.3) is 15.9 Å². The van der Waals surface area contributed by atoms with E-state index in [1.807, 2.05) is 50.2 Å². The summed E-state index contributed by atoms with van der Waals surface area (Å²) in [5.74, 6) is 1.46. The zero-order chi connectivity index (χ0) is 26.4. The van der Waals surface area contributed by atoms with Crippen molar-refractivity contribution in [1.29, 1.82) is 0 Å². The molecule has 4 aromatic rings. The number of carbonyl (C=O) groups excluding carboxylic acids is 1. The summed E-state index contributed by atoms with van der Waals surface area (Å²) >= 11 is 0. The standard InChI is InChI=1S/C29H28N2O5S/c1-20-9-10-24(17-21(20)2)31-37(33,34)27-15-16-28(22(3)18-27)35-19-29(32)30-23-11-13-26(14-12-23)36-25-7-5-4-6-8-25/h4-18,31H,19H2,1-3H3,(H,30,32). The van der Waals surface area contributed by atoms with Crippen LogP contribution in [0.2, 0.25) is 0 Å². The molecule has 4 rings (SSSR count). The first-order valence-corrected chi connectivity index (χ1v) is 13.1. The Kier molecular flexibility index (Phi) is 7.79. The van der Waals surface area contributed by atoms with Crippen molar-refractivity contribution in [2.45, 2.75) is 25.7 Å². The van der Waals surface area contributed by atoms with Gasteiger partial charge in [0, 0.05) is 11.4 Å². The number of rotatable bonds is 9. The lowest BCUT2D eigenvalue weighted by atomic mass is 10.1. The molecule has 190 valence electrons. The van der Waals surface area contributed by atoms with Gasteiger partial charge in [0.1, 0.15) is 17.2 Å². The Labute approximate surface area is 217 Å². The Hall–Kier alpha value is -4.30. The summed E-state index contributed by atoms with van der Waals surface area (Å²) in [6.45, 7) is 5.40. The van der Waals surface area contributed by atoms with Crippen molar-refractivity contribution in [3.05, 3.63) is 108 Å². The van der Waals surface area contributed by atoms with E-state index >= 15 is 0 Å². The van der Waals surface area contributed by atoms with E-state index in [1.54, 1.807) is 49.4 Å². The molecule has 4 aromatic carbocycles. The van der Waals surface area contributed by atoms with Gasteiger partial charge in [-0.2, -0.15) is 0 Å². The number of amides is 1. The molecule has 7 nitrogen and oxygen atoms in total. The van der Waals surface area contributed by atoms with E-state index in [0.29, 0.717) is 28.4 Å². The van der Waals surface area contributed by atoms with Gasteiger partial charge < -0.3 is 14.8 Å². The van der Waals surface area contributed by atoms with Crippen molar-refractivity contribution in [2.24, 2.45) is 0 Å². The molecule has 0 aliphatic heterocycles. The lowest BCUT2D eigenvalue weighted by molar-refractivity contribution is -0.118. The smallest absolute Gasteiger partial charge is 0.262 e. The first kappa shape index (κ1) is 25.8. The summed E-state index contributed by atoms with van der Waals surface area (Å²) in [6.07, 6.45) is 0. The predicted octanol–water partition coefficient (Wildman–Crippen LogP) is 6.22. The summed E-state index contributed by atoms with van der Waals surface area (Å²) in [5.41, 5.74) is 3.77. The molecule has 0 fully saturated rings. The molecule has 0 bridgehead atoms. The third kappa shape index (κ3) is 6.89. The van der Waals surface area contributed by atoms with Crippen LogP contribution in [-0.4, -0.2) is 20.9 Å². The van der Waals surface area contributed by atoms with Crippen LogP contribution in [0.25, 0.3) is 0 Å². The lowest BCUT2D eigenvalue weighted by Crippen LogP contribution is -2.20. The predicted molar refractivity (Wildman–Crippen MR) is 145 cm³/mol. The number of hydrogen-bond donors (Lipinski definition) is 2. The fourth-order valence-corrected chi connectivity index (χ4v) is 4.68. The summed E-state index contributed by atoms with van der Waals surface area (Å²) < 4.78 is 39.7. The fourth-order valence-electron chi connectivity index (χ4n) is 3.54. The van der Waals surface area contributed by atoms with Crippen LogP contribution in [0.3, 0.4) is 0 Å². The summed E-state index contributed by atoms with van der Waals surface area (Å²) in [7, 11) is -3.77. The van der Waals surface area contributed by atoms with E-state index in [1.165, 1.54) is 12.1 Å². The van der Waals surface area contributed by atoms with Crippen LogP contribution in [0.15, 0.2) is 95.9 Å². The Bertz CT molecular complexity index is 1500. The largest absolute Gasteiger partial charge is 0.483 e. The number of anilines is 2. The van der Waals surface area contributed by atoms with E-state index < -0.39 is 10.0 Å². The molecule has 1 amide bonds. The number of aryl methyl sites for hydroxylation is 3. The maximum absolute atomic E-state index is 12.8. The van der Waals surface area contributed by atoms with Crippen LogP contribution < -0.4 is 19.5 Å². The molecule has 37 heavy (non-hydrogen) atoms. The quantitative estimate of drug-likeness (QED) is 0.275. The van der Waals surface area contributed by atoms with Crippen molar-refractivity contribution in [1.82, 2.24) is 0 Å². The van der Waals surface area contributed by atoms with Gasteiger partial charge in [0.15, 0.2) is 6.61 Å². The van der Waals surface area contributed by atoms with Crippen molar-refractivity contribution in [3.8, 4) is 17.2 Å². The highest BCUT2D eigenvalue weighted by molar-refractivity contribution is 7.92. The summed E-state index contributed by atoms with van der Waals surface area (Å²) in [6, 6.07) is 26.3. The second-order valence-electron chi connectivity index (χ2n) is 8.61. The molecular formula is C29H28N2O5S. The molecule has 8 heteroatoms. The first-order chi connectivity index (χ1) is 17.7. The summed E-state index contributed by atoms with van der Waals surface area (Å²) in [5, 5.41) is 2.77. The Balaban J connectivity index is 1.32. The van der Waals surface area contributed by atoms with Crippen LogP contribution in [0.4, 0.5) is 11.4 Å². The molecule has 0 aromatic heterocycles. The van der Waals surface area contributed by atoms with Crippen molar-refractivity contribution in [2.75, 3.05) is 16.6 Å². The first-order valence-electron chi connectivity index (χ1n) is 11.7. The van der Waals surface area contributed by atoms with Crippen molar-refractivity contribution in [3.63, 3.8) is 0 Å². The van der Waals surface area contributed by atoms with Crippen LogP contribution in [0.1, 0.15) is 16.7 Å². The number of nitrogens with one attached hydrogen (secondary N) is 2. The minimum atomic E-state index is -3.77. The molecule has 0 saturated carbocycles. The van der Waals surface area contributed by atoms with Gasteiger partial charge in [-0.3, -0.25) is 9.52 Å². The molecule has 0 heterocycles. The fraction of sp³-hybridized carbons (Fsp3) is 0.138. The van der Waals surface area contributed by atoms with E-state index in [-0.39, 0.29) is 17.4 Å². The highest BCUT2D eigenvalue weighted by atomic mass is 32.2. The lowest BCUT2D eigenvalue weighted by Gasteiger charge is -2.13. The number of hydrogen-bond acceptors (Lipinski definition) is 5. The van der Waals surface area contributed by atoms with Crippen molar-refractivity contribution < 1.29 is 22.7 Å². The maximum atomic E-state index is 12.8. The second-order valence-corrected chi connectivity index (χ2v) is 10.3. The van der Waals surface area contributed by atoms with Gasteiger partial charge in [-0.05, 0) is 104 Å². The van der Waals surface area contributed by atoms with Gasteiger partial charge in [-0.1, -0.05) is 24.3 Å². The summed E-state index contributed by atoms with van der Waals surface area (Å²) in [4.78, 5) is 12.5. The number of sulfonamides is 1. The Morgan fingerprint density at radius 1 is 0.730 bits per heavy atom. The highest BCUT2D eigenvalue weighted by Gasteiger charge is 2.16. The monoisotopic (exact) mass is 516 g/mol. The van der Waals surface area contributed by atoms with E-state index in [4.69, 9.17) is 9.47 Å². The van der Waals surface area contributed by atoms with Crippen molar-refractivity contribution >= 4 is 27.3 Å². The molecule has 0 saturated heterocycles. The Morgan fingerprint density at radius 3 is 2.08 bits per heavy atom. The number of benzene rings is 4. The third-order valence-corrected chi connectivity index (χ3v) is 7.07. The number of para-hydroxylation sites is 1. The zero-order valence-electron chi connectivity index (χ0n) is 20.8. The van der Waals surface area contributed by atoms with Gasteiger partial charge in [-0.25, -0.2) is 8.42 Å². The topological polar surface area (TPSA) is 93.7 Å². The van der Waals surface area contributed by atoms with Gasteiger partial charge in [0.2, 0.25) is 0 Å². The van der Waals surface area contributed by atoms with E-state index in [0.717, 1.165) is 16.9 Å². The van der Waals surface area contributed by atoms with E-state index in [9.17, 15) is 13.2 Å². The average molecular weight is 517 g/mol. The maximum Gasteiger partial charge on any atom is 0.262 e.